The lowest BCUT2D eigenvalue weighted by atomic mass is 10.1. The van der Waals surface area contributed by atoms with Crippen molar-refractivity contribution < 1.29 is 37.9 Å². The Morgan fingerprint density at radius 1 is 0.769 bits per heavy atom. The van der Waals surface area contributed by atoms with Crippen LogP contribution in [0, 0.1) is 0 Å². The first kappa shape index (κ1) is 37.8. The molecule has 0 aliphatic rings. The number of aliphatic hydroxyl groups is 1. The highest BCUT2D eigenvalue weighted by molar-refractivity contribution is 7.47. The summed E-state index contributed by atoms with van der Waals surface area (Å²) in [6.07, 6.45) is 22.5. The summed E-state index contributed by atoms with van der Waals surface area (Å²) in [5, 5.41) is 12.4. The molecule has 2 atom stereocenters. The van der Waals surface area contributed by atoms with Crippen molar-refractivity contribution in [3.63, 3.8) is 0 Å². The number of carbonyl (C=O) groups is 2. The molecule has 0 saturated carbocycles. The summed E-state index contributed by atoms with van der Waals surface area (Å²) < 4.78 is 26.3. The van der Waals surface area contributed by atoms with Gasteiger partial charge >= 0.3 is 13.8 Å². The molecule has 0 fully saturated rings. The van der Waals surface area contributed by atoms with Gasteiger partial charge in [0.05, 0.1) is 13.2 Å². The van der Waals surface area contributed by atoms with Crippen LogP contribution in [0.15, 0.2) is 12.2 Å². The Labute approximate surface area is 237 Å². The Kier molecular flexibility index (Phi) is 26.1. The zero-order valence-electron chi connectivity index (χ0n) is 24.6. The first-order valence-corrected chi connectivity index (χ1v) is 16.7. The van der Waals surface area contributed by atoms with Gasteiger partial charge in [-0.2, -0.15) is 0 Å². The normalized spacial score (nSPS) is 13.8. The van der Waals surface area contributed by atoms with Gasteiger partial charge in [0.2, 0.25) is 5.91 Å². The van der Waals surface area contributed by atoms with Crippen molar-refractivity contribution in [2.24, 2.45) is 0 Å². The molecule has 0 rings (SSSR count). The molecule has 3 N–H and O–H groups in total. The van der Waals surface area contributed by atoms with E-state index < -0.39 is 26.5 Å². The van der Waals surface area contributed by atoms with E-state index in [1.807, 2.05) is 6.92 Å². The Balaban J connectivity index is 3.60. The first-order chi connectivity index (χ1) is 18.8. The van der Waals surface area contributed by atoms with Crippen LogP contribution in [-0.4, -0.2) is 54.3 Å². The van der Waals surface area contributed by atoms with Gasteiger partial charge in [-0.1, -0.05) is 90.2 Å². The number of carbonyl (C=O) groups excluding carboxylic acids is 2. The molecule has 39 heavy (non-hydrogen) atoms. The number of allylic oxidation sites excluding steroid dienone is 2. The molecule has 0 bridgehead atoms. The number of esters is 1. The maximum atomic E-state index is 11.8. The number of phosphoric ester groups is 1. The predicted molar refractivity (Wildman–Crippen MR) is 155 cm³/mol. The fourth-order valence-corrected chi connectivity index (χ4v) is 4.58. The molecule has 2 unspecified atom stereocenters. The van der Waals surface area contributed by atoms with Gasteiger partial charge in [-0.3, -0.25) is 18.6 Å². The molecule has 0 aromatic rings. The van der Waals surface area contributed by atoms with E-state index in [-0.39, 0.29) is 32.1 Å². The molecule has 0 aliphatic carbocycles. The van der Waals surface area contributed by atoms with Crippen molar-refractivity contribution in [1.29, 1.82) is 0 Å². The molecule has 0 heterocycles. The Hall–Kier alpha value is -1.25. The Bertz CT molecular complexity index is 674. The average molecular weight is 578 g/mol. The van der Waals surface area contributed by atoms with Gasteiger partial charge < -0.3 is 20.1 Å². The lowest BCUT2D eigenvalue weighted by molar-refractivity contribution is -0.147. The van der Waals surface area contributed by atoms with Crippen molar-refractivity contribution in [3.05, 3.63) is 12.2 Å². The van der Waals surface area contributed by atoms with Crippen LogP contribution < -0.4 is 5.32 Å². The van der Waals surface area contributed by atoms with Crippen LogP contribution in [0.1, 0.15) is 129 Å². The molecule has 0 radical (unpaired) electrons. The number of unbranched alkanes of at least 4 members (excludes halogenated alkanes) is 13. The zero-order chi connectivity index (χ0) is 29.0. The van der Waals surface area contributed by atoms with E-state index in [0.29, 0.717) is 6.42 Å². The van der Waals surface area contributed by atoms with Gasteiger partial charge in [0.25, 0.3) is 0 Å². The van der Waals surface area contributed by atoms with Gasteiger partial charge in [-0.05, 0) is 38.5 Å². The summed E-state index contributed by atoms with van der Waals surface area (Å²) in [5.74, 6) is -0.562. The molecule has 0 saturated heterocycles. The summed E-state index contributed by atoms with van der Waals surface area (Å²) in [5.41, 5.74) is 0. The smallest absolute Gasteiger partial charge is 0.463 e. The largest absolute Gasteiger partial charge is 0.472 e. The maximum absolute atomic E-state index is 11.8. The molecule has 230 valence electrons. The highest BCUT2D eigenvalue weighted by Crippen LogP contribution is 2.42. The van der Waals surface area contributed by atoms with E-state index in [1.165, 1.54) is 51.4 Å². The molecular formula is C29H56NO8P. The van der Waals surface area contributed by atoms with Crippen LogP contribution in [0.2, 0.25) is 0 Å². The number of nitrogens with one attached hydrogen (secondary N) is 1. The van der Waals surface area contributed by atoms with Crippen LogP contribution in [-0.2, 0) is 27.9 Å². The number of hydrogen-bond donors (Lipinski definition) is 3. The predicted octanol–water partition coefficient (Wildman–Crippen LogP) is 6.76. The number of amides is 1. The second-order valence-electron chi connectivity index (χ2n) is 10.1. The van der Waals surface area contributed by atoms with Crippen LogP contribution in [0.25, 0.3) is 0 Å². The topological polar surface area (TPSA) is 131 Å². The van der Waals surface area contributed by atoms with Gasteiger partial charge in [0.1, 0.15) is 12.7 Å². The Morgan fingerprint density at radius 2 is 1.33 bits per heavy atom. The number of ether oxygens (including phenoxy) is 1. The van der Waals surface area contributed by atoms with Crippen LogP contribution in [0.4, 0.5) is 0 Å². The number of hydrogen-bond acceptors (Lipinski definition) is 7. The number of aliphatic hydroxyl groups excluding tert-OH is 1. The molecule has 10 heteroatoms. The summed E-state index contributed by atoms with van der Waals surface area (Å²) in [6.45, 7) is 3.26. The maximum Gasteiger partial charge on any atom is 0.472 e. The lowest BCUT2D eigenvalue weighted by Crippen LogP contribution is -2.27. The van der Waals surface area contributed by atoms with E-state index in [0.717, 1.165) is 51.4 Å². The zero-order valence-corrected chi connectivity index (χ0v) is 25.5. The minimum absolute atomic E-state index is 0.0764. The lowest BCUT2D eigenvalue weighted by Gasteiger charge is -2.15. The fraction of sp³-hybridized carbons (Fsp3) is 0.862. The summed E-state index contributed by atoms with van der Waals surface area (Å²) >= 11 is 0. The fourth-order valence-electron chi connectivity index (χ4n) is 3.82. The summed E-state index contributed by atoms with van der Waals surface area (Å²) in [4.78, 5) is 32.9. The third-order valence-electron chi connectivity index (χ3n) is 6.20. The molecule has 9 nitrogen and oxygen atoms in total. The van der Waals surface area contributed by atoms with Gasteiger partial charge in [-0.15, -0.1) is 0 Å². The molecule has 1 amide bonds. The molecular weight excluding hydrogens is 521 g/mol. The Morgan fingerprint density at radius 3 is 1.95 bits per heavy atom. The second-order valence-corrected chi connectivity index (χ2v) is 11.5. The molecule has 0 spiro atoms. The van der Waals surface area contributed by atoms with Crippen LogP contribution in [0.3, 0.4) is 0 Å². The van der Waals surface area contributed by atoms with Gasteiger partial charge in [-0.25, -0.2) is 4.57 Å². The van der Waals surface area contributed by atoms with Crippen molar-refractivity contribution in [2.75, 3.05) is 26.4 Å². The third-order valence-corrected chi connectivity index (χ3v) is 7.18. The number of phosphoric acid groups is 1. The van der Waals surface area contributed by atoms with E-state index in [9.17, 15) is 24.2 Å². The minimum atomic E-state index is -4.38. The van der Waals surface area contributed by atoms with E-state index in [4.69, 9.17) is 13.8 Å². The van der Waals surface area contributed by atoms with Crippen molar-refractivity contribution >= 4 is 19.7 Å². The standard InChI is InChI=1S/C29H56NO8P/c1-3-5-7-8-9-10-11-12-13-14-15-16-17-18-19-20-22-29(33)36-25-27(31)26-38-39(34,35)37-24-23-30-28(32)21-6-4-2/h13-14,27,31H,3-12,15-26H2,1-2H3,(H,30,32)(H,34,35)/b14-13-. The average Bonchev–Trinajstić information content (AvgIpc) is 2.91. The van der Waals surface area contributed by atoms with Crippen molar-refractivity contribution in [1.82, 2.24) is 5.32 Å². The first-order valence-electron chi connectivity index (χ1n) is 15.2. The van der Waals surface area contributed by atoms with Crippen LogP contribution in [0.5, 0.6) is 0 Å². The van der Waals surface area contributed by atoms with E-state index in [1.54, 1.807) is 0 Å². The SMILES string of the molecule is CCCCCCCCC/C=C\CCCCCCCC(=O)OCC(O)COP(=O)(O)OCCNC(=O)CCCC. The van der Waals surface area contributed by atoms with E-state index >= 15 is 0 Å². The minimum Gasteiger partial charge on any atom is -0.463 e. The second kappa shape index (κ2) is 26.9. The third kappa shape index (κ3) is 28.1. The van der Waals surface area contributed by atoms with E-state index in [2.05, 4.69) is 24.4 Å². The highest BCUT2D eigenvalue weighted by atomic mass is 31.2. The van der Waals surface area contributed by atoms with Gasteiger partial charge in [0, 0.05) is 19.4 Å². The quantitative estimate of drug-likeness (QED) is 0.0402. The molecule has 0 aliphatic heterocycles. The van der Waals surface area contributed by atoms with Crippen molar-refractivity contribution in [3.8, 4) is 0 Å². The molecule has 0 aromatic heterocycles. The molecule has 0 aromatic carbocycles. The van der Waals surface area contributed by atoms with Gasteiger partial charge in [0.15, 0.2) is 0 Å². The number of rotatable bonds is 28. The summed E-state index contributed by atoms with van der Waals surface area (Å²) in [6, 6.07) is 0. The highest BCUT2D eigenvalue weighted by Gasteiger charge is 2.23. The summed E-state index contributed by atoms with van der Waals surface area (Å²) in [7, 11) is -4.38. The van der Waals surface area contributed by atoms with Crippen molar-refractivity contribution in [2.45, 2.75) is 136 Å². The monoisotopic (exact) mass is 577 g/mol. The van der Waals surface area contributed by atoms with Crippen LogP contribution >= 0.6 is 7.82 Å².